The number of fused-ring (bicyclic) bond motifs is 1. The molecule has 1 aliphatic carbocycles. The standard InChI is InChI=1S/C24H24O4/c1-15(2)20(17-9-5-4-6-10-17)27-23-16(3)13-14-24(28-23)21(25)18-11-7-8-12-19(18)22(24)26/h4-13,15,20,23H,14H2,1-3H3/t20-,23+/m1/s1. The van der Waals surface area contributed by atoms with Crippen LogP contribution in [0.4, 0.5) is 0 Å². The largest absolute Gasteiger partial charge is 0.340 e. The van der Waals surface area contributed by atoms with E-state index in [0.717, 1.165) is 11.1 Å². The monoisotopic (exact) mass is 376 g/mol. The molecule has 2 aliphatic rings. The molecule has 0 N–H and O–H groups in total. The molecule has 0 saturated carbocycles. The van der Waals surface area contributed by atoms with E-state index in [2.05, 4.69) is 13.8 Å². The molecule has 4 heteroatoms. The highest BCUT2D eigenvalue weighted by Crippen LogP contribution is 2.42. The van der Waals surface area contributed by atoms with Crippen LogP contribution in [0.15, 0.2) is 66.2 Å². The summed E-state index contributed by atoms with van der Waals surface area (Å²) < 4.78 is 12.5. The fourth-order valence-corrected chi connectivity index (χ4v) is 3.97. The van der Waals surface area contributed by atoms with Gasteiger partial charge in [-0.05, 0) is 24.0 Å². The van der Waals surface area contributed by atoms with E-state index >= 15 is 0 Å². The Morgan fingerprint density at radius 2 is 1.54 bits per heavy atom. The normalized spacial score (nSPS) is 21.7. The van der Waals surface area contributed by atoms with Crippen molar-refractivity contribution in [1.29, 1.82) is 0 Å². The second kappa shape index (κ2) is 7.12. The van der Waals surface area contributed by atoms with Crippen LogP contribution in [0.5, 0.6) is 0 Å². The highest BCUT2D eigenvalue weighted by Gasteiger charge is 2.56. The zero-order chi connectivity index (χ0) is 19.9. The minimum Gasteiger partial charge on any atom is -0.340 e. The number of carbonyl (C=O) groups is 2. The molecule has 4 rings (SSSR count). The van der Waals surface area contributed by atoms with Gasteiger partial charge in [0.2, 0.25) is 11.6 Å². The van der Waals surface area contributed by atoms with E-state index < -0.39 is 11.9 Å². The fourth-order valence-electron chi connectivity index (χ4n) is 3.97. The van der Waals surface area contributed by atoms with Crippen molar-refractivity contribution in [2.45, 2.75) is 45.2 Å². The molecule has 28 heavy (non-hydrogen) atoms. The van der Waals surface area contributed by atoms with Crippen LogP contribution in [0.1, 0.15) is 59.6 Å². The van der Waals surface area contributed by atoms with Gasteiger partial charge in [-0.15, -0.1) is 0 Å². The van der Waals surface area contributed by atoms with Gasteiger partial charge in [-0.2, -0.15) is 0 Å². The van der Waals surface area contributed by atoms with E-state index in [-0.39, 0.29) is 30.0 Å². The molecule has 2 atom stereocenters. The minimum atomic E-state index is -1.51. The van der Waals surface area contributed by atoms with Crippen molar-refractivity contribution in [2.75, 3.05) is 0 Å². The average Bonchev–Trinajstić information content (AvgIpc) is 2.91. The Kier molecular flexibility index (Phi) is 4.77. The predicted molar refractivity (Wildman–Crippen MR) is 106 cm³/mol. The number of hydrogen-bond donors (Lipinski definition) is 0. The summed E-state index contributed by atoms with van der Waals surface area (Å²) in [7, 11) is 0. The van der Waals surface area contributed by atoms with Gasteiger partial charge in [0.05, 0.1) is 6.10 Å². The molecule has 0 saturated heterocycles. The van der Waals surface area contributed by atoms with Crippen molar-refractivity contribution in [1.82, 2.24) is 0 Å². The molecule has 0 fully saturated rings. The van der Waals surface area contributed by atoms with Crippen molar-refractivity contribution in [3.63, 3.8) is 0 Å². The lowest BCUT2D eigenvalue weighted by atomic mass is 9.89. The molecule has 0 radical (unpaired) electrons. The molecule has 1 heterocycles. The number of ether oxygens (including phenoxy) is 2. The molecule has 2 aromatic carbocycles. The van der Waals surface area contributed by atoms with Gasteiger partial charge in [-0.25, -0.2) is 0 Å². The average molecular weight is 376 g/mol. The molecular formula is C24H24O4. The first-order valence-corrected chi connectivity index (χ1v) is 9.67. The van der Waals surface area contributed by atoms with Crippen LogP contribution in [0.3, 0.4) is 0 Å². The number of hydrogen-bond acceptors (Lipinski definition) is 4. The molecule has 2 aromatic rings. The Balaban J connectivity index is 1.65. The topological polar surface area (TPSA) is 52.6 Å². The summed E-state index contributed by atoms with van der Waals surface area (Å²) in [6.45, 7) is 6.07. The van der Waals surface area contributed by atoms with Gasteiger partial charge in [0.1, 0.15) is 0 Å². The number of benzene rings is 2. The molecular weight excluding hydrogens is 352 g/mol. The predicted octanol–water partition coefficient (Wildman–Crippen LogP) is 4.91. The third kappa shape index (κ3) is 2.93. The molecule has 0 amide bonds. The van der Waals surface area contributed by atoms with Gasteiger partial charge in [0, 0.05) is 17.5 Å². The molecule has 1 aliphatic heterocycles. The Morgan fingerprint density at radius 1 is 0.964 bits per heavy atom. The fraction of sp³-hybridized carbons (Fsp3) is 0.333. The second-order valence-corrected chi connectivity index (χ2v) is 7.84. The van der Waals surface area contributed by atoms with Crippen LogP contribution in [0.2, 0.25) is 0 Å². The van der Waals surface area contributed by atoms with Gasteiger partial charge in [-0.1, -0.05) is 74.5 Å². The zero-order valence-electron chi connectivity index (χ0n) is 16.3. The minimum absolute atomic E-state index is 0.198. The van der Waals surface area contributed by atoms with Crippen molar-refractivity contribution >= 4 is 11.6 Å². The third-order valence-corrected chi connectivity index (χ3v) is 5.55. The maximum absolute atomic E-state index is 13.1. The second-order valence-electron chi connectivity index (χ2n) is 7.84. The molecule has 0 aromatic heterocycles. The Morgan fingerprint density at radius 3 is 2.11 bits per heavy atom. The molecule has 0 unspecified atom stereocenters. The van der Waals surface area contributed by atoms with Gasteiger partial charge in [-0.3, -0.25) is 9.59 Å². The number of rotatable bonds is 4. The summed E-state index contributed by atoms with van der Waals surface area (Å²) in [5, 5.41) is 0. The number of ketones is 2. The summed E-state index contributed by atoms with van der Waals surface area (Å²) in [6.07, 6.45) is 1.18. The highest BCUT2D eigenvalue weighted by atomic mass is 16.7. The van der Waals surface area contributed by atoms with E-state index in [9.17, 15) is 9.59 Å². The van der Waals surface area contributed by atoms with E-state index in [1.165, 1.54) is 0 Å². The number of Topliss-reactive ketones (excluding diaryl/α,β-unsaturated/α-hetero) is 2. The van der Waals surface area contributed by atoms with Gasteiger partial charge < -0.3 is 9.47 Å². The van der Waals surface area contributed by atoms with Crippen LogP contribution in [-0.4, -0.2) is 23.5 Å². The Hall–Kier alpha value is -2.56. The summed E-state index contributed by atoms with van der Waals surface area (Å²) in [5.41, 5.74) is 1.28. The van der Waals surface area contributed by atoms with Crippen molar-refractivity contribution in [3.05, 3.63) is 82.9 Å². The third-order valence-electron chi connectivity index (χ3n) is 5.55. The molecule has 1 spiro atoms. The molecule has 0 bridgehead atoms. The van der Waals surface area contributed by atoms with E-state index in [0.29, 0.717) is 11.1 Å². The van der Waals surface area contributed by atoms with Crippen LogP contribution in [0.25, 0.3) is 0 Å². The van der Waals surface area contributed by atoms with Crippen molar-refractivity contribution < 1.29 is 19.1 Å². The van der Waals surface area contributed by atoms with E-state index in [1.54, 1.807) is 24.3 Å². The van der Waals surface area contributed by atoms with Crippen LogP contribution < -0.4 is 0 Å². The lowest BCUT2D eigenvalue weighted by Gasteiger charge is -2.37. The summed E-state index contributed by atoms with van der Waals surface area (Å²) >= 11 is 0. The SMILES string of the molecule is CC1=CCC2(O[C@@H]1O[C@@H](c1ccccc1)C(C)C)C(=O)c1ccccc1C2=O. The van der Waals surface area contributed by atoms with E-state index in [4.69, 9.17) is 9.47 Å². The van der Waals surface area contributed by atoms with Crippen LogP contribution in [-0.2, 0) is 9.47 Å². The van der Waals surface area contributed by atoms with Gasteiger partial charge in [0.15, 0.2) is 11.9 Å². The lowest BCUT2D eigenvalue weighted by Crippen LogP contribution is -2.50. The van der Waals surface area contributed by atoms with Crippen molar-refractivity contribution in [2.24, 2.45) is 5.92 Å². The first kappa shape index (κ1) is 18.8. The lowest BCUT2D eigenvalue weighted by molar-refractivity contribution is -0.197. The van der Waals surface area contributed by atoms with Crippen LogP contribution >= 0.6 is 0 Å². The Bertz CT molecular complexity index is 907. The first-order chi connectivity index (χ1) is 13.4. The highest BCUT2D eigenvalue weighted by molar-refractivity contribution is 6.32. The zero-order valence-corrected chi connectivity index (χ0v) is 16.3. The maximum atomic E-state index is 13.1. The Labute approximate surface area is 165 Å². The van der Waals surface area contributed by atoms with Gasteiger partial charge in [0.25, 0.3) is 0 Å². The molecule has 4 nitrogen and oxygen atoms in total. The smallest absolute Gasteiger partial charge is 0.203 e. The first-order valence-electron chi connectivity index (χ1n) is 9.67. The number of carbonyl (C=O) groups excluding carboxylic acids is 2. The molecule has 144 valence electrons. The summed E-state index contributed by atoms with van der Waals surface area (Å²) in [6, 6.07) is 16.9. The summed E-state index contributed by atoms with van der Waals surface area (Å²) in [4.78, 5) is 26.2. The maximum Gasteiger partial charge on any atom is 0.203 e. The van der Waals surface area contributed by atoms with Gasteiger partial charge >= 0.3 is 0 Å². The van der Waals surface area contributed by atoms with Crippen molar-refractivity contribution in [3.8, 4) is 0 Å². The quantitative estimate of drug-likeness (QED) is 0.562. The van der Waals surface area contributed by atoms with Crippen LogP contribution in [0, 0.1) is 5.92 Å². The summed E-state index contributed by atoms with van der Waals surface area (Å²) in [5.74, 6) is -0.346. The van der Waals surface area contributed by atoms with E-state index in [1.807, 2.05) is 43.3 Å².